The van der Waals surface area contributed by atoms with Crippen LogP contribution in [0.4, 0.5) is 0 Å². The minimum atomic E-state index is -3.53. The van der Waals surface area contributed by atoms with Gasteiger partial charge in [0, 0.05) is 6.20 Å². The summed E-state index contributed by atoms with van der Waals surface area (Å²) in [6.07, 6.45) is 4.78. The van der Waals surface area contributed by atoms with Gasteiger partial charge in [-0.05, 0) is 19.1 Å². The summed E-state index contributed by atoms with van der Waals surface area (Å²) in [6, 6.07) is 0. The van der Waals surface area contributed by atoms with Crippen LogP contribution in [0.2, 0.25) is 0 Å². The van der Waals surface area contributed by atoms with E-state index in [1.54, 1.807) is 12.3 Å². The van der Waals surface area contributed by atoms with Crippen LogP contribution in [-0.4, -0.2) is 41.2 Å². The maximum Gasteiger partial charge on any atom is 0.353 e. The Morgan fingerprint density at radius 2 is 2.56 bits per heavy atom. The molecule has 0 aromatic rings. The average molecular weight is 273 g/mol. The molecule has 2 aliphatic heterocycles. The molecule has 0 spiro atoms. The number of rotatable bonds is 2. The zero-order valence-corrected chi connectivity index (χ0v) is 10.9. The van der Waals surface area contributed by atoms with Crippen molar-refractivity contribution >= 4 is 13.4 Å². The maximum atomic E-state index is 11.2. The van der Waals surface area contributed by atoms with Crippen LogP contribution in [0, 0.1) is 0 Å². The first-order valence-electron chi connectivity index (χ1n) is 5.53. The lowest BCUT2D eigenvalue weighted by atomic mass is 10.3. The molecule has 1 unspecified atom stereocenters. The number of hydrogen-bond donors (Lipinski definition) is 2. The minimum absolute atomic E-state index is 0.0916. The molecule has 2 rings (SSSR count). The van der Waals surface area contributed by atoms with Gasteiger partial charge in [-0.2, -0.15) is 0 Å². The smallest absolute Gasteiger partial charge is 0.353 e. The second-order valence-corrected chi connectivity index (χ2v) is 5.79. The minimum Gasteiger partial charge on any atom is -0.384 e. The Balaban J connectivity index is 1.95. The molecule has 0 radical (unpaired) electrons. The molecule has 2 atom stereocenters. The first-order chi connectivity index (χ1) is 8.50. The molecule has 0 amide bonds. The zero-order chi connectivity index (χ0) is 13.2. The third kappa shape index (κ3) is 3.20. The summed E-state index contributed by atoms with van der Waals surface area (Å²) in [5.41, 5.74) is 5.60. The van der Waals surface area contributed by atoms with Crippen molar-refractivity contribution in [3.05, 3.63) is 24.2 Å². The molecule has 0 bridgehead atoms. The van der Waals surface area contributed by atoms with Crippen molar-refractivity contribution in [2.45, 2.75) is 13.0 Å². The van der Waals surface area contributed by atoms with E-state index >= 15 is 0 Å². The van der Waals surface area contributed by atoms with Gasteiger partial charge in [-0.3, -0.25) is 4.57 Å². The van der Waals surface area contributed by atoms with Gasteiger partial charge in [0.05, 0.1) is 13.2 Å². The van der Waals surface area contributed by atoms with Gasteiger partial charge >= 0.3 is 7.60 Å². The summed E-state index contributed by atoms with van der Waals surface area (Å²) in [7, 11) is -3.53. The predicted molar refractivity (Wildman–Crippen MR) is 66.7 cm³/mol. The summed E-state index contributed by atoms with van der Waals surface area (Å²) >= 11 is 0. The Morgan fingerprint density at radius 3 is 3.17 bits per heavy atom. The van der Waals surface area contributed by atoms with Crippen molar-refractivity contribution in [3.63, 3.8) is 0 Å². The lowest BCUT2D eigenvalue weighted by Crippen LogP contribution is -2.37. The Hall–Kier alpha value is -1.14. The molecule has 1 saturated heterocycles. The third-order valence-corrected chi connectivity index (χ3v) is 3.59. The number of nitrogens with two attached hydrogens (primary N) is 1. The monoisotopic (exact) mass is 273 g/mol. The van der Waals surface area contributed by atoms with E-state index in [9.17, 15) is 4.57 Å². The Morgan fingerprint density at radius 1 is 1.78 bits per heavy atom. The number of amidine groups is 1. The Labute approximate surface area is 105 Å². The number of nitrogens with zero attached hydrogens (tertiary/aromatic N) is 2. The molecule has 18 heavy (non-hydrogen) atoms. The fourth-order valence-electron chi connectivity index (χ4n) is 1.67. The summed E-state index contributed by atoms with van der Waals surface area (Å²) in [5.74, 6) is 1.16. The molecule has 0 saturated carbocycles. The van der Waals surface area contributed by atoms with Gasteiger partial charge in [-0.1, -0.05) is 0 Å². The highest BCUT2D eigenvalue weighted by molar-refractivity contribution is 7.52. The van der Waals surface area contributed by atoms with Gasteiger partial charge in [-0.15, -0.1) is 0 Å². The Bertz CT molecular complexity index is 448. The summed E-state index contributed by atoms with van der Waals surface area (Å²) in [4.78, 5) is 15.2. The third-order valence-electron chi connectivity index (χ3n) is 2.56. The van der Waals surface area contributed by atoms with Crippen molar-refractivity contribution in [2.75, 3.05) is 19.5 Å². The van der Waals surface area contributed by atoms with Crippen LogP contribution < -0.4 is 5.73 Å². The van der Waals surface area contributed by atoms with Crippen LogP contribution in [0.5, 0.6) is 0 Å². The normalized spacial score (nSPS) is 34.8. The van der Waals surface area contributed by atoms with Crippen LogP contribution in [0.25, 0.3) is 0 Å². The average Bonchev–Trinajstić information content (AvgIpc) is 2.34. The quantitative estimate of drug-likeness (QED) is 0.715. The standard InChI is InChI=1S/C10H16N3O4P/c1-2-10-12-9(11)3-4-13(10)5-8-6-17-18(14,15)7-16-8/h2-4,8H,5-7H2,1H3,(H2,11,12)(H,14,15)/b10-2-/t8-/m0/s1. The maximum absolute atomic E-state index is 11.2. The van der Waals surface area contributed by atoms with Crippen molar-refractivity contribution in [3.8, 4) is 0 Å². The molecule has 2 heterocycles. The molecule has 7 nitrogen and oxygen atoms in total. The van der Waals surface area contributed by atoms with Gasteiger partial charge < -0.3 is 24.8 Å². The lowest BCUT2D eigenvalue weighted by Gasteiger charge is -2.31. The van der Waals surface area contributed by atoms with Crippen LogP contribution in [-0.2, 0) is 13.8 Å². The van der Waals surface area contributed by atoms with Crippen molar-refractivity contribution in [1.82, 2.24) is 4.90 Å². The molecule has 0 aromatic heterocycles. The van der Waals surface area contributed by atoms with Gasteiger partial charge in [0.25, 0.3) is 0 Å². The molecule has 1 fully saturated rings. The summed E-state index contributed by atoms with van der Waals surface area (Å²) < 4.78 is 21.3. The largest absolute Gasteiger partial charge is 0.384 e. The zero-order valence-electron chi connectivity index (χ0n) is 10.0. The van der Waals surface area contributed by atoms with E-state index in [1.807, 2.05) is 17.9 Å². The number of hydrogen-bond acceptors (Lipinski definition) is 6. The highest BCUT2D eigenvalue weighted by atomic mass is 31.2. The highest BCUT2D eigenvalue weighted by Gasteiger charge is 2.30. The highest BCUT2D eigenvalue weighted by Crippen LogP contribution is 2.45. The van der Waals surface area contributed by atoms with Crippen LogP contribution in [0.15, 0.2) is 29.2 Å². The van der Waals surface area contributed by atoms with E-state index < -0.39 is 7.60 Å². The molecule has 100 valence electrons. The molecule has 3 N–H and O–H groups in total. The van der Waals surface area contributed by atoms with Gasteiger partial charge in [-0.25, -0.2) is 4.99 Å². The molecule has 0 aromatic carbocycles. The number of allylic oxidation sites excluding steroid dienone is 1. The summed E-state index contributed by atoms with van der Waals surface area (Å²) in [5, 5.41) is 0. The topological polar surface area (TPSA) is 97.4 Å². The molecule has 0 aliphatic carbocycles. The van der Waals surface area contributed by atoms with Crippen LogP contribution in [0.3, 0.4) is 0 Å². The van der Waals surface area contributed by atoms with E-state index in [0.29, 0.717) is 12.4 Å². The van der Waals surface area contributed by atoms with E-state index in [-0.39, 0.29) is 19.1 Å². The second-order valence-electron chi connectivity index (χ2n) is 4.00. The predicted octanol–water partition coefficient (Wildman–Crippen LogP) is 0.593. The van der Waals surface area contributed by atoms with Crippen molar-refractivity contribution < 1.29 is 18.7 Å². The van der Waals surface area contributed by atoms with E-state index in [4.69, 9.17) is 19.9 Å². The fraction of sp³-hybridized carbons (Fsp3) is 0.500. The molecular weight excluding hydrogens is 257 g/mol. The lowest BCUT2D eigenvalue weighted by molar-refractivity contribution is -0.00812. The van der Waals surface area contributed by atoms with E-state index in [0.717, 1.165) is 5.82 Å². The van der Waals surface area contributed by atoms with E-state index in [2.05, 4.69) is 4.99 Å². The molecular formula is C10H16N3O4P. The first kappa shape index (κ1) is 13.3. The SMILES string of the molecule is C/C=C1/N=C(N)C=CN1C[C@H]1COP(=O)(O)CO1. The van der Waals surface area contributed by atoms with Crippen molar-refractivity contribution in [2.24, 2.45) is 10.7 Å². The van der Waals surface area contributed by atoms with E-state index in [1.165, 1.54) is 0 Å². The van der Waals surface area contributed by atoms with Crippen LogP contribution >= 0.6 is 7.60 Å². The van der Waals surface area contributed by atoms with Gasteiger partial charge in [0.15, 0.2) is 0 Å². The van der Waals surface area contributed by atoms with Gasteiger partial charge in [0.1, 0.15) is 24.1 Å². The number of aliphatic imine (C=N–C) groups is 1. The van der Waals surface area contributed by atoms with Crippen molar-refractivity contribution in [1.29, 1.82) is 0 Å². The Kier molecular flexibility index (Phi) is 3.87. The van der Waals surface area contributed by atoms with Gasteiger partial charge in [0.2, 0.25) is 0 Å². The molecule has 8 heteroatoms. The van der Waals surface area contributed by atoms with Crippen LogP contribution in [0.1, 0.15) is 6.92 Å². The number of ether oxygens (including phenoxy) is 1. The second kappa shape index (κ2) is 5.24. The molecule has 2 aliphatic rings. The first-order valence-corrected chi connectivity index (χ1v) is 7.30. The summed E-state index contributed by atoms with van der Waals surface area (Å²) in [6.45, 7) is 2.44. The fourth-order valence-corrected chi connectivity index (χ4v) is 2.54.